The highest BCUT2D eigenvalue weighted by Gasteiger charge is 2.53. The molecule has 5 atom stereocenters. The summed E-state index contributed by atoms with van der Waals surface area (Å²) in [6.07, 6.45) is -6.61. The van der Waals surface area contributed by atoms with Crippen LogP contribution in [0, 0.1) is 6.92 Å². The normalized spacial score (nSPS) is 23.4. The highest BCUT2D eigenvalue weighted by molar-refractivity contribution is 5.81. The van der Waals surface area contributed by atoms with Gasteiger partial charge in [0.2, 0.25) is 12.4 Å². The van der Waals surface area contributed by atoms with Crippen molar-refractivity contribution in [3.05, 3.63) is 40.2 Å². The standard InChI is InChI=1S/C24H26O12/c1-11-8-20(29)35-18-9-16(6-7-17(11)18)34-24-23(33-15(5)28)22(32-14(4)27)21(31-13(3)26)19(36-24)10-30-12(2)25/h6-9,19,21-24H,10H2,1-5H3/t19-,21-,22+,23-,24+/m1/s1. The van der Waals surface area contributed by atoms with Gasteiger partial charge in [0.25, 0.3) is 0 Å². The second-order valence-corrected chi connectivity index (χ2v) is 8.09. The van der Waals surface area contributed by atoms with Crippen molar-refractivity contribution in [2.75, 3.05) is 6.61 Å². The maximum atomic E-state index is 11.9. The largest absolute Gasteiger partial charge is 0.463 e. The van der Waals surface area contributed by atoms with Crippen molar-refractivity contribution >= 4 is 34.8 Å². The van der Waals surface area contributed by atoms with E-state index in [2.05, 4.69) is 0 Å². The first-order valence-corrected chi connectivity index (χ1v) is 11.0. The van der Waals surface area contributed by atoms with Gasteiger partial charge in [0.15, 0.2) is 12.2 Å². The number of benzene rings is 1. The summed E-state index contributed by atoms with van der Waals surface area (Å²) in [5, 5.41) is 0.670. The molecule has 1 fully saturated rings. The van der Waals surface area contributed by atoms with Gasteiger partial charge in [0, 0.05) is 45.2 Å². The lowest BCUT2D eigenvalue weighted by molar-refractivity contribution is -0.288. The zero-order valence-corrected chi connectivity index (χ0v) is 20.3. The number of aryl methyl sites for hydroxylation is 1. The van der Waals surface area contributed by atoms with Crippen LogP contribution in [-0.2, 0) is 42.9 Å². The van der Waals surface area contributed by atoms with Gasteiger partial charge in [-0.25, -0.2) is 4.79 Å². The second kappa shape index (κ2) is 11.2. The van der Waals surface area contributed by atoms with E-state index in [4.69, 9.17) is 32.8 Å². The molecule has 0 saturated carbocycles. The lowest BCUT2D eigenvalue weighted by Crippen LogP contribution is -2.63. The highest BCUT2D eigenvalue weighted by Crippen LogP contribution is 2.32. The van der Waals surface area contributed by atoms with Gasteiger partial charge in [0.1, 0.15) is 24.0 Å². The minimum absolute atomic E-state index is 0.164. The Morgan fingerprint density at radius 1 is 0.833 bits per heavy atom. The summed E-state index contributed by atoms with van der Waals surface area (Å²) in [4.78, 5) is 58.9. The molecule has 0 radical (unpaired) electrons. The molecule has 12 heteroatoms. The van der Waals surface area contributed by atoms with Crippen molar-refractivity contribution in [2.24, 2.45) is 0 Å². The summed E-state index contributed by atoms with van der Waals surface area (Å²) in [5.74, 6) is -2.73. The molecule has 1 aliphatic rings. The van der Waals surface area contributed by atoms with E-state index in [-0.39, 0.29) is 17.9 Å². The molecule has 1 aromatic heterocycles. The number of rotatable bonds is 7. The number of carbonyl (C=O) groups is 4. The first-order valence-electron chi connectivity index (χ1n) is 11.0. The number of ether oxygens (including phenoxy) is 6. The molecular formula is C24H26O12. The number of fused-ring (bicyclic) bond motifs is 1. The highest BCUT2D eigenvalue weighted by atomic mass is 16.7. The summed E-state index contributed by atoms with van der Waals surface area (Å²) >= 11 is 0. The van der Waals surface area contributed by atoms with E-state index < -0.39 is 60.2 Å². The summed E-state index contributed by atoms with van der Waals surface area (Å²) in [6.45, 7) is 5.91. The van der Waals surface area contributed by atoms with Crippen LogP contribution in [0.25, 0.3) is 11.0 Å². The quantitative estimate of drug-likeness (QED) is 0.304. The van der Waals surface area contributed by atoms with Gasteiger partial charge < -0.3 is 32.8 Å². The zero-order valence-electron chi connectivity index (χ0n) is 20.3. The SMILES string of the molecule is CC(=O)OC[C@H]1O[C@H](Oc2ccc3c(C)cc(=O)oc3c2)[C@H](OC(C)=O)[C@@H](OC(C)=O)[C@@H]1OC(C)=O. The van der Waals surface area contributed by atoms with Gasteiger partial charge in [-0.2, -0.15) is 0 Å². The van der Waals surface area contributed by atoms with Gasteiger partial charge in [0.05, 0.1) is 0 Å². The molecule has 194 valence electrons. The summed E-state index contributed by atoms with van der Waals surface area (Å²) < 4.78 is 38.2. The molecule has 2 aromatic rings. The lowest BCUT2D eigenvalue weighted by Gasteiger charge is -2.43. The van der Waals surface area contributed by atoms with Crippen LogP contribution in [0.5, 0.6) is 5.75 Å². The Kier molecular flexibility index (Phi) is 8.30. The smallest absolute Gasteiger partial charge is 0.336 e. The van der Waals surface area contributed by atoms with Crippen LogP contribution in [0.1, 0.15) is 33.3 Å². The van der Waals surface area contributed by atoms with Gasteiger partial charge >= 0.3 is 29.5 Å². The van der Waals surface area contributed by atoms with Crippen molar-refractivity contribution in [1.82, 2.24) is 0 Å². The average Bonchev–Trinajstić information content (AvgIpc) is 2.75. The first kappa shape index (κ1) is 26.7. The van der Waals surface area contributed by atoms with Crippen molar-refractivity contribution in [2.45, 2.75) is 65.3 Å². The number of hydrogen-bond donors (Lipinski definition) is 0. The van der Waals surface area contributed by atoms with Crippen molar-refractivity contribution in [1.29, 1.82) is 0 Å². The molecule has 0 N–H and O–H groups in total. The number of carbonyl (C=O) groups excluding carboxylic acids is 4. The van der Waals surface area contributed by atoms with E-state index in [1.165, 1.54) is 19.1 Å². The Balaban J connectivity index is 2.02. The van der Waals surface area contributed by atoms with Crippen LogP contribution in [-0.4, -0.2) is 61.2 Å². The molecule has 36 heavy (non-hydrogen) atoms. The van der Waals surface area contributed by atoms with Crippen molar-refractivity contribution < 1.29 is 52.0 Å². The predicted octanol–water partition coefficient (Wildman–Crippen LogP) is 1.56. The molecule has 0 aliphatic carbocycles. The fourth-order valence-corrected chi connectivity index (χ4v) is 3.80. The maximum Gasteiger partial charge on any atom is 0.336 e. The minimum atomic E-state index is -1.40. The Labute approximate surface area is 205 Å². The fraction of sp³-hybridized carbons (Fsp3) is 0.458. The molecule has 0 bridgehead atoms. The van der Waals surface area contributed by atoms with Gasteiger partial charge in [-0.3, -0.25) is 19.2 Å². The summed E-state index contributed by atoms with van der Waals surface area (Å²) in [5.41, 5.74) is 0.382. The van der Waals surface area contributed by atoms with E-state index in [0.717, 1.165) is 20.8 Å². The van der Waals surface area contributed by atoms with Crippen LogP contribution in [0.15, 0.2) is 33.5 Å². The molecule has 0 amide bonds. The van der Waals surface area contributed by atoms with Crippen molar-refractivity contribution in [3.63, 3.8) is 0 Å². The number of esters is 4. The van der Waals surface area contributed by atoms with Crippen LogP contribution >= 0.6 is 0 Å². The van der Waals surface area contributed by atoms with Crippen molar-refractivity contribution in [3.8, 4) is 5.75 Å². The third kappa shape index (κ3) is 6.60. The summed E-state index contributed by atoms with van der Waals surface area (Å²) in [7, 11) is 0. The molecule has 0 spiro atoms. The molecular weight excluding hydrogens is 480 g/mol. The van der Waals surface area contributed by atoms with Gasteiger partial charge in [-0.15, -0.1) is 0 Å². The third-order valence-corrected chi connectivity index (χ3v) is 5.12. The van der Waals surface area contributed by atoms with E-state index in [9.17, 15) is 24.0 Å². The Bertz CT molecular complexity index is 1220. The molecule has 1 saturated heterocycles. The molecule has 0 unspecified atom stereocenters. The van der Waals surface area contributed by atoms with Crippen LogP contribution < -0.4 is 10.4 Å². The van der Waals surface area contributed by atoms with E-state index in [1.807, 2.05) is 0 Å². The predicted molar refractivity (Wildman–Crippen MR) is 120 cm³/mol. The average molecular weight is 506 g/mol. The topological polar surface area (TPSA) is 154 Å². The Morgan fingerprint density at radius 3 is 2.06 bits per heavy atom. The Morgan fingerprint density at radius 2 is 1.44 bits per heavy atom. The second-order valence-electron chi connectivity index (χ2n) is 8.09. The fourth-order valence-electron chi connectivity index (χ4n) is 3.80. The monoisotopic (exact) mass is 506 g/mol. The van der Waals surface area contributed by atoms with E-state index in [0.29, 0.717) is 10.9 Å². The molecule has 12 nitrogen and oxygen atoms in total. The zero-order chi connectivity index (χ0) is 26.6. The van der Waals surface area contributed by atoms with E-state index >= 15 is 0 Å². The van der Waals surface area contributed by atoms with Gasteiger partial charge in [-0.05, 0) is 24.6 Å². The van der Waals surface area contributed by atoms with E-state index in [1.54, 1.807) is 19.1 Å². The van der Waals surface area contributed by atoms with Gasteiger partial charge in [-0.1, -0.05) is 0 Å². The summed E-state index contributed by atoms with van der Waals surface area (Å²) in [6, 6.07) is 6.03. The lowest BCUT2D eigenvalue weighted by atomic mass is 9.98. The molecule has 3 rings (SSSR count). The molecule has 2 heterocycles. The first-order chi connectivity index (χ1) is 16.9. The third-order valence-electron chi connectivity index (χ3n) is 5.12. The van der Waals surface area contributed by atoms with Crippen LogP contribution in [0.4, 0.5) is 0 Å². The Hall–Kier alpha value is -3.93. The van der Waals surface area contributed by atoms with Crippen LogP contribution in [0.3, 0.4) is 0 Å². The molecule has 1 aromatic carbocycles. The molecule has 1 aliphatic heterocycles. The van der Waals surface area contributed by atoms with Crippen LogP contribution in [0.2, 0.25) is 0 Å². The maximum absolute atomic E-state index is 11.9. The minimum Gasteiger partial charge on any atom is -0.463 e. The number of hydrogen-bond acceptors (Lipinski definition) is 12.